The number of hydrogen-bond donors (Lipinski definition) is 1. The van der Waals surface area contributed by atoms with Crippen molar-refractivity contribution in [3.05, 3.63) is 53.9 Å². The van der Waals surface area contributed by atoms with Crippen LogP contribution in [0.3, 0.4) is 0 Å². The Morgan fingerprint density at radius 3 is 2.56 bits per heavy atom. The number of carbonyl (C=O) groups excluding carboxylic acids is 1. The van der Waals surface area contributed by atoms with Gasteiger partial charge in [-0.2, -0.15) is 5.10 Å². The summed E-state index contributed by atoms with van der Waals surface area (Å²) in [7, 11) is 1.92. The number of carbonyl (C=O) groups is 1. The van der Waals surface area contributed by atoms with Gasteiger partial charge in [-0.05, 0) is 16.5 Å². The van der Waals surface area contributed by atoms with Gasteiger partial charge in [-0.15, -0.1) is 12.4 Å². The predicted octanol–water partition coefficient (Wildman–Crippen LogP) is 3.22. The van der Waals surface area contributed by atoms with Gasteiger partial charge in [0.05, 0.1) is 12.1 Å². The number of amides is 1. The highest BCUT2D eigenvalue weighted by atomic mass is 35.5. The molecule has 2 aromatic rings. The van der Waals surface area contributed by atoms with Crippen LogP contribution in [0.25, 0.3) is 0 Å². The highest BCUT2D eigenvalue weighted by Gasteiger charge is 2.37. The molecule has 0 bridgehead atoms. The smallest absolute Gasteiger partial charge is 0.227 e. The number of hydrogen-bond acceptors (Lipinski definition) is 3. The molecule has 0 radical (unpaired) electrons. The molecule has 5 nitrogen and oxygen atoms in total. The van der Waals surface area contributed by atoms with Crippen LogP contribution in [0.2, 0.25) is 0 Å². The number of aromatic nitrogens is 2. The molecule has 0 spiro atoms. The normalized spacial score (nSPS) is 19.6. The fourth-order valence-corrected chi connectivity index (χ4v) is 3.74. The first kappa shape index (κ1) is 21.5. The Balaban J connectivity index is 0.00000261. The van der Waals surface area contributed by atoms with Crippen molar-refractivity contribution in [1.82, 2.24) is 20.0 Å². The minimum absolute atomic E-state index is 0. The maximum atomic E-state index is 13.5. The Kier molecular flexibility index (Phi) is 7.06. The van der Waals surface area contributed by atoms with E-state index < -0.39 is 0 Å². The summed E-state index contributed by atoms with van der Waals surface area (Å²) in [5.41, 5.74) is 2.38. The molecule has 2 atom stereocenters. The SMILES string of the molecule is Cl.Cn1cc([C@H]2CNC[C@@H]2C(=O)N(Cc2ccccc2)CC(C)(C)C)cn1. The van der Waals surface area contributed by atoms with Crippen molar-refractivity contribution < 1.29 is 4.79 Å². The average Bonchev–Trinajstić information content (AvgIpc) is 3.22. The molecule has 0 unspecified atom stereocenters. The first-order valence-corrected chi connectivity index (χ1v) is 9.35. The van der Waals surface area contributed by atoms with Crippen LogP contribution in [0.4, 0.5) is 0 Å². The quantitative estimate of drug-likeness (QED) is 0.852. The summed E-state index contributed by atoms with van der Waals surface area (Å²) in [6.07, 6.45) is 3.92. The van der Waals surface area contributed by atoms with Gasteiger partial charge >= 0.3 is 0 Å². The Labute approximate surface area is 168 Å². The summed E-state index contributed by atoms with van der Waals surface area (Å²) in [6.45, 7) is 9.52. The van der Waals surface area contributed by atoms with E-state index in [1.54, 1.807) is 0 Å². The number of halogens is 1. The third-order valence-corrected chi connectivity index (χ3v) is 4.88. The number of rotatable bonds is 5. The molecular weight excluding hydrogens is 360 g/mol. The second kappa shape index (κ2) is 8.89. The van der Waals surface area contributed by atoms with E-state index in [4.69, 9.17) is 0 Å². The van der Waals surface area contributed by atoms with E-state index in [2.05, 4.69) is 43.3 Å². The minimum Gasteiger partial charge on any atom is -0.338 e. The third-order valence-electron chi connectivity index (χ3n) is 4.88. The highest BCUT2D eigenvalue weighted by Crippen LogP contribution is 2.31. The summed E-state index contributed by atoms with van der Waals surface area (Å²) < 4.78 is 1.81. The van der Waals surface area contributed by atoms with Gasteiger partial charge in [0.15, 0.2) is 0 Å². The highest BCUT2D eigenvalue weighted by molar-refractivity contribution is 5.85. The van der Waals surface area contributed by atoms with E-state index in [-0.39, 0.29) is 35.6 Å². The lowest BCUT2D eigenvalue weighted by molar-refractivity contribution is -0.137. The van der Waals surface area contributed by atoms with Crippen molar-refractivity contribution >= 4 is 18.3 Å². The number of benzene rings is 1. The monoisotopic (exact) mass is 390 g/mol. The maximum absolute atomic E-state index is 13.5. The van der Waals surface area contributed by atoms with E-state index >= 15 is 0 Å². The molecule has 0 aliphatic carbocycles. The zero-order valence-corrected chi connectivity index (χ0v) is 17.5. The second-order valence-electron chi connectivity index (χ2n) is 8.56. The molecule has 6 heteroatoms. The lowest BCUT2D eigenvalue weighted by Gasteiger charge is -2.33. The molecule has 1 amide bonds. The number of nitrogens with one attached hydrogen (secondary N) is 1. The van der Waals surface area contributed by atoms with Crippen molar-refractivity contribution in [2.75, 3.05) is 19.6 Å². The van der Waals surface area contributed by atoms with E-state index in [0.29, 0.717) is 6.54 Å². The lowest BCUT2D eigenvalue weighted by atomic mass is 9.88. The Morgan fingerprint density at radius 1 is 1.26 bits per heavy atom. The molecule has 1 aliphatic heterocycles. The molecule has 148 valence electrons. The van der Waals surface area contributed by atoms with E-state index in [1.165, 1.54) is 5.56 Å². The van der Waals surface area contributed by atoms with E-state index in [0.717, 1.165) is 25.2 Å². The molecule has 1 aliphatic rings. The zero-order valence-electron chi connectivity index (χ0n) is 16.7. The maximum Gasteiger partial charge on any atom is 0.227 e. The van der Waals surface area contributed by atoms with Crippen LogP contribution in [-0.2, 0) is 18.4 Å². The molecule has 1 N–H and O–H groups in total. The van der Waals surface area contributed by atoms with Crippen LogP contribution in [0.5, 0.6) is 0 Å². The lowest BCUT2D eigenvalue weighted by Crippen LogP contribution is -2.42. The van der Waals surface area contributed by atoms with Crippen LogP contribution in [0, 0.1) is 11.3 Å². The van der Waals surface area contributed by atoms with Crippen molar-refractivity contribution in [3.8, 4) is 0 Å². The van der Waals surface area contributed by atoms with Gasteiger partial charge in [0.25, 0.3) is 0 Å². The fraction of sp³-hybridized carbons (Fsp3) is 0.524. The molecule has 0 saturated carbocycles. The molecule has 2 heterocycles. The minimum atomic E-state index is -0.0368. The summed E-state index contributed by atoms with van der Waals surface area (Å²) in [4.78, 5) is 15.5. The Hall–Kier alpha value is -1.85. The summed E-state index contributed by atoms with van der Waals surface area (Å²) in [6, 6.07) is 10.3. The molecule has 1 aromatic carbocycles. The molecule has 1 saturated heterocycles. The van der Waals surface area contributed by atoms with Crippen molar-refractivity contribution in [3.63, 3.8) is 0 Å². The summed E-state index contributed by atoms with van der Waals surface area (Å²) in [5.74, 6) is 0.391. The molecule has 3 rings (SSSR count). The van der Waals surface area contributed by atoms with Gasteiger partial charge in [-0.25, -0.2) is 0 Å². The fourth-order valence-electron chi connectivity index (χ4n) is 3.74. The van der Waals surface area contributed by atoms with Crippen molar-refractivity contribution in [2.24, 2.45) is 18.4 Å². The first-order chi connectivity index (χ1) is 12.3. The largest absolute Gasteiger partial charge is 0.338 e. The predicted molar refractivity (Wildman–Crippen MR) is 111 cm³/mol. The van der Waals surface area contributed by atoms with Gasteiger partial charge in [-0.1, -0.05) is 51.1 Å². The van der Waals surface area contributed by atoms with Gasteiger partial charge in [0.1, 0.15) is 0 Å². The third kappa shape index (κ3) is 5.56. The van der Waals surface area contributed by atoms with Crippen LogP contribution in [0.15, 0.2) is 42.7 Å². The number of aryl methyl sites for hydroxylation is 1. The van der Waals surface area contributed by atoms with Gasteiger partial charge in [-0.3, -0.25) is 9.48 Å². The van der Waals surface area contributed by atoms with E-state index in [1.807, 2.05) is 47.2 Å². The van der Waals surface area contributed by atoms with Gasteiger partial charge < -0.3 is 10.2 Å². The summed E-state index contributed by atoms with van der Waals surface area (Å²) in [5, 5.41) is 7.70. The standard InChI is InChI=1S/C21H30N4O.ClH/c1-21(2,3)15-25(13-16-8-6-5-7-9-16)20(26)19-12-22-11-18(19)17-10-23-24(4)14-17;/h5-10,14,18-19,22H,11-13,15H2,1-4H3;1H/t18-,19+;/m1./s1. The van der Waals surface area contributed by atoms with Crippen molar-refractivity contribution in [2.45, 2.75) is 33.2 Å². The number of nitrogens with zero attached hydrogens (tertiary/aromatic N) is 3. The first-order valence-electron chi connectivity index (χ1n) is 9.35. The average molecular weight is 391 g/mol. The molecule has 1 fully saturated rings. The summed E-state index contributed by atoms with van der Waals surface area (Å²) >= 11 is 0. The van der Waals surface area contributed by atoms with Crippen LogP contribution in [0.1, 0.15) is 37.8 Å². The van der Waals surface area contributed by atoms with E-state index in [9.17, 15) is 4.79 Å². The van der Waals surface area contributed by atoms with Gasteiger partial charge in [0, 0.05) is 45.3 Å². The molecule has 1 aromatic heterocycles. The second-order valence-corrected chi connectivity index (χ2v) is 8.56. The molecule has 27 heavy (non-hydrogen) atoms. The Morgan fingerprint density at radius 2 is 1.96 bits per heavy atom. The topological polar surface area (TPSA) is 50.2 Å². The zero-order chi connectivity index (χ0) is 18.7. The van der Waals surface area contributed by atoms with Gasteiger partial charge in [0.2, 0.25) is 5.91 Å². The van der Waals surface area contributed by atoms with Crippen molar-refractivity contribution in [1.29, 1.82) is 0 Å². The molecular formula is C21H31ClN4O. The van der Waals surface area contributed by atoms with Crippen LogP contribution < -0.4 is 5.32 Å². The Bertz CT molecular complexity index is 738. The van der Waals surface area contributed by atoms with Crippen LogP contribution in [-0.4, -0.2) is 40.2 Å². The van der Waals surface area contributed by atoms with Crippen LogP contribution >= 0.6 is 12.4 Å².